The van der Waals surface area contributed by atoms with Crippen molar-refractivity contribution >= 4 is 21.7 Å². The molecule has 7 nitrogen and oxygen atoms in total. The van der Waals surface area contributed by atoms with Gasteiger partial charge in [-0.05, 0) is 37.6 Å². The number of carbonyl (C=O) groups excluding carboxylic acids is 1. The van der Waals surface area contributed by atoms with Crippen LogP contribution in [0.5, 0.6) is 0 Å². The van der Waals surface area contributed by atoms with Gasteiger partial charge in [0.1, 0.15) is 5.76 Å². The van der Waals surface area contributed by atoms with E-state index in [2.05, 4.69) is 10.5 Å². The van der Waals surface area contributed by atoms with Gasteiger partial charge >= 0.3 is 0 Å². The Balaban J connectivity index is 2.13. The van der Waals surface area contributed by atoms with Crippen LogP contribution in [-0.2, 0) is 10.0 Å². The molecule has 0 saturated heterocycles. The SMILES string of the molecule is CCCCN(CC)S(=O)(=O)c1ccc(C(=O)Nc2cc(C)on2)cc1. The number of hydrogen-bond donors (Lipinski definition) is 1. The van der Waals surface area contributed by atoms with Crippen molar-refractivity contribution in [3.8, 4) is 0 Å². The molecule has 0 radical (unpaired) electrons. The van der Waals surface area contributed by atoms with E-state index in [4.69, 9.17) is 4.52 Å². The fourth-order valence-corrected chi connectivity index (χ4v) is 3.81. The summed E-state index contributed by atoms with van der Waals surface area (Å²) in [7, 11) is -3.55. The number of unbranched alkanes of at least 4 members (excludes halogenated alkanes) is 1. The molecule has 1 aromatic heterocycles. The maximum absolute atomic E-state index is 12.6. The molecule has 25 heavy (non-hydrogen) atoms. The predicted octanol–water partition coefficient (Wildman–Crippen LogP) is 3.05. The lowest BCUT2D eigenvalue weighted by Crippen LogP contribution is -2.31. The highest BCUT2D eigenvalue weighted by Gasteiger charge is 2.22. The van der Waals surface area contributed by atoms with Crippen molar-refractivity contribution in [2.24, 2.45) is 0 Å². The van der Waals surface area contributed by atoms with Gasteiger partial charge in [0.05, 0.1) is 4.90 Å². The molecule has 0 fully saturated rings. The molecule has 1 aromatic carbocycles. The van der Waals surface area contributed by atoms with Crippen LogP contribution in [0.4, 0.5) is 5.82 Å². The van der Waals surface area contributed by atoms with Crippen LogP contribution in [0.1, 0.15) is 42.8 Å². The van der Waals surface area contributed by atoms with Crippen molar-refractivity contribution < 1.29 is 17.7 Å². The Labute approximate surface area is 148 Å². The molecule has 0 bridgehead atoms. The molecule has 0 unspecified atom stereocenters. The van der Waals surface area contributed by atoms with Crippen LogP contribution in [0.2, 0.25) is 0 Å². The first kappa shape index (κ1) is 19.1. The summed E-state index contributed by atoms with van der Waals surface area (Å²) < 4.78 is 31.6. The van der Waals surface area contributed by atoms with E-state index in [1.165, 1.54) is 28.6 Å². The highest BCUT2D eigenvalue weighted by molar-refractivity contribution is 7.89. The van der Waals surface area contributed by atoms with Gasteiger partial charge in [-0.15, -0.1) is 0 Å². The molecule has 8 heteroatoms. The van der Waals surface area contributed by atoms with Crippen molar-refractivity contribution in [2.45, 2.75) is 38.5 Å². The third kappa shape index (κ3) is 4.67. The van der Waals surface area contributed by atoms with Crippen LogP contribution in [0.3, 0.4) is 0 Å². The van der Waals surface area contributed by atoms with Crippen LogP contribution in [0.15, 0.2) is 39.8 Å². The number of amides is 1. The molecule has 0 aliphatic rings. The Hall–Kier alpha value is -2.19. The van der Waals surface area contributed by atoms with E-state index < -0.39 is 10.0 Å². The quantitative estimate of drug-likeness (QED) is 0.776. The lowest BCUT2D eigenvalue weighted by molar-refractivity contribution is 0.102. The van der Waals surface area contributed by atoms with Crippen LogP contribution < -0.4 is 5.32 Å². The molecule has 0 atom stereocenters. The average Bonchev–Trinajstić information content (AvgIpc) is 3.00. The molecule has 0 aliphatic carbocycles. The highest BCUT2D eigenvalue weighted by Crippen LogP contribution is 2.18. The molecule has 1 heterocycles. The molecule has 2 aromatic rings. The van der Waals surface area contributed by atoms with E-state index in [1.54, 1.807) is 13.0 Å². The lowest BCUT2D eigenvalue weighted by atomic mass is 10.2. The lowest BCUT2D eigenvalue weighted by Gasteiger charge is -2.20. The summed E-state index contributed by atoms with van der Waals surface area (Å²) in [6, 6.07) is 7.48. The fourth-order valence-electron chi connectivity index (χ4n) is 2.32. The summed E-state index contributed by atoms with van der Waals surface area (Å²) in [5.74, 6) is 0.523. The number of sulfonamides is 1. The summed E-state index contributed by atoms with van der Waals surface area (Å²) in [6.07, 6.45) is 1.73. The number of benzene rings is 1. The minimum Gasteiger partial charge on any atom is -0.360 e. The maximum Gasteiger partial charge on any atom is 0.256 e. The van der Waals surface area contributed by atoms with Gasteiger partial charge in [-0.25, -0.2) is 8.42 Å². The van der Waals surface area contributed by atoms with Gasteiger partial charge in [0.25, 0.3) is 5.91 Å². The number of anilines is 1. The molecule has 0 saturated carbocycles. The first-order chi connectivity index (χ1) is 11.9. The Morgan fingerprint density at radius 3 is 2.44 bits per heavy atom. The second kappa shape index (κ2) is 8.26. The molecular formula is C17H23N3O4S. The van der Waals surface area contributed by atoms with Crippen LogP contribution in [0.25, 0.3) is 0 Å². The predicted molar refractivity (Wildman–Crippen MR) is 95.0 cm³/mol. The zero-order chi connectivity index (χ0) is 18.4. The van der Waals surface area contributed by atoms with Crippen LogP contribution in [0, 0.1) is 6.92 Å². The number of carbonyl (C=O) groups is 1. The van der Waals surface area contributed by atoms with Crippen molar-refractivity contribution in [2.75, 3.05) is 18.4 Å². The van der Waals surface area contributed by atoms with E-state index in [0.29, 0.717) is 30.2 Å². The number of nitrogens with one attached hydrogen (secondary N) is 1. The van der Waals surface area contributed by atoms with Crippen LogP contribution >= 0.6 is 0 Å². The summed E-state index contributed by atoms with van der Waals surface area (Å²) >= 11 is 0. The first-order valence-corrected chi connectivity index (χ1v) is 9.67. The number of rotatable bonds is 8. The van der Waals surface area contributed by atoms with E-state index in [0.717, 1.165) is 12.8 Å². The standard InChI is InChI=1S/C17H23N3O4S/c1-4-6-11-20(5-2)25(22,23)15-9-7-14(8-10-15)17(21)18-16-12-13(3)24-19-16/h7-10,12H,4-6,11H2,1-3H3,(H,18,19,21). The second-order valence-electron chi connectivity index (χ2n) is 5.65. The third-order valence-corrected chi connectivity index (χ3v) is 5.73. The minimum absolute atomic E-state index is 0.180. The Morgan fingerprint density at radius 1 is 1.24 bits per heavy atom. The molecule has 0 spiro atoms. The van der Waals surface area contributed by atoms with E-state index in [-0.39, 0.29) is 10.8 Å². The largest absolute Gasteiger partial charge is 0.360 e. The van der Waals surface area contributed by atoms with E-state index >= 15 is 0 Å². The summed E-state index contributed by atoms with van der Waals surface area (Å²) in [5.41, 5.74) is 0.344. The first-order valence-electron chi connectivity index (χ1n) is 8.23. The minimum atomic E-state index is -3.55. The molecule has 2 rings (SSSR count). The van der Waals surface area contributed by atoms with Gasteiger partial charge in [0.15, 0.2) is 5.82 Å². The highest BCUT2D eigenvalue weighted by atomic mass is 32.2. The number of nitrogens with zero attached hydrogens (tertiary/aromatic N) is 2. The van der Waals surface area contributed by atoms with Gasteiger partial charge in [-0.2, -0.15) is 4.31 Å². The van der Waals surface area contributed by atoms with E-state index in [1.807, 2.05) is 13.8 Å². The van der Waals surface area contributed by atoms with Gasteiger partial charge in [0.2, 0.25) is 10.0 Å². The van der Waals surface area contributed by atoms with Gasteiger partial charge < -0.3 is 9.84 Å². The van der Waals surface area contributed by atoms with Crippen molar-refractivity contribution in [1.82, 2.24) is 9.46 Å². The van der Waals surface area contributed by atoms with Gasteiger partial charge in [-0.1, -0.05) is 25.4 Å². The fraction of sp³-hybridized carbons (Fsp3) is 0.412. The third-order valence-electron chi connectivity index (χ3n) is 3.74. The van der Waals surface area contributed by atoms with Gasteiger partial charge in [-0.3, -0.25) is 4.79 Å². The van der Waals surface area contributed by atoms with Crippen molar-refractivity contribution in [1.29, 1.82) is 0 Å². The molecule has 1 amide bonds. The monoisotopic (exact) mass is 365 g/mol. The van der Waals surface area contributed by atoms with E-state index in [9.17, 15) is 13.2 Å². The normalized spacial score (nSPS) is 11.7. The Kier molecular flexibility index (Phi) is 6.33. The van der Waals surface area contributed by atoms with Crippen molar-refractivity contribution in [3.63, 3.8) is 0 Å². The second-order valence-corrected chi connectivity index (χ2v) is 7.59. The number of hydrogen-bond acceptors (Lipinski definition) is 5. The molecule has 0 aliphatic heterocycles. The number of aryl methyl sites for hydroxylation is 1. The molecule has 1 N–H and O–H groups in total. The van der Waals surface area contributed by atoms with Gasteiger partial charge in [0, 0.05) is 24.7 Å². The molecular weight excluding hydrogens is 342 g/mol. The zero-order valence-electron chi connectivity index (χ0n) is 14.7. The summed E-state index contributed by atoms with van der Waals surface area (Å²) in [5, 5.41) is 6.29. The Morgan fingerprint density at radius 2 is 1.92 bits per heavy atom. The number of aromatic nitrogens is 1. The smallest absolute Gasteiger partial charge is 0.256 e. The van der Waals surface area contributed by atoms with Crippen molar-refractivity contribution in [3.05, 3.63) is 41.7 Å². The maximum atomic E-state index is 12.6. The summed E-state index contributed by atoms with van der Waals surface area (Å²) in [6.45, 7) is 6.46. The zero-order valence-corrected chi connectivity index (χ0v) is 15.5. The average molecular weight is 365 g/mol. The Bertz CT molecular complexity index is 813. The molecule has 136 valence electrons. The van der Waals surface area contributed by atoms with Crippen LogP contribution in [-0.4, -0.2) is 36.9 Å². The topological polar surface area (TPSA) is 92.5 Å². The summed E-state index contributed by atoms with van der Waals surface area (Å²) in [4.78, 5) is 12.3.